The summed E-state index contributed by atoms with van der Waals surface area (Å²) in [4.78, 5) is 32.2. The molecule has 2 unspecified atom stereocenters. The molecule has 0 saturated carbocycles. The maximum Gasteiger partial charge on any atom is 0.308 e. The number of hydrogen-bond donors (Lipinski definition) is 1. The highest BCUT2D eigenvalue weighted by molar-refractivity contribution is 6.29. The summed E-state index contributed by atoms with van der Waals surface area (Å²) < 4.78 is 0. The first kappa shape index (κ1) is 12.8. The summed E-state index contributed by atoms with van der Waals surface area (Å²) in [5.74, 6) is -1.81. The Morgan fingerprint density at radius 1 is 1.44 bits per heavy atom. The summed E-state index contributed by atoms with van der Waals surface area (Å²) in [5.41, 5.74) is 0.140. The minimum absolute atomic E-state index is 0.0707. The van der Waals surface area contributed by atoms with E-state index in [4.69, 9.17) is 16.7 Å². The van der Waals surface area contributed by atoms with Gasteiger partial charge in [0.2, 0.25) is 0 Å². The summed E-state index contributed by atoms with van der Waals surface area (Å²) in [6.07, 6.45) is 2.66. The van der Waals surface area contributed by atoms with Crippen LogP contribution in [0.3, 0.4) is 0 Å². The van der Waals surface area contributed by atoms with Gasteiger partial charge in [0.1, 0.15) is 10.8 Å². The summed E-state index contributed by atoms with van der Waals surface area (Å²) in [7, 11) is 0. The molecular weight excluding hydrogens is 258 g/mol. The molecule has 1 aliphatic rings. The summed E-state index contributed by atoms with van der Waals surface area (Å²) in [6, 6.07) is 0. The minimum Gasteiger partial charge on any atom is -0.481 e. The van der Waals surface area contributed by atoms with E-state index in [2.05, 4.69) is 9.97 Å². The van der Waals surface area contributed by atoms with Crippen LogP contribution in [-0.2, 0) is 4.79 Å². The van der Waals surface area contributed by atoms with Gasteiger partial charge in [-0.15, -0.1) is 0 Å². The molecule has 18 heavy (non-hydrogen) atoms. The van der Waals surface area contributed by atoms with Crippen molar-refractivity contribution in [1.29, 1.82) is 0 Å². The molecule has 0 radical (unpaired) electrons. The smallest absolute Gasteiger partial charge is 0.308 e. The number of carbonyl (C=O) groups excluding carboxylic acids is 1. The van der Waals surface area contributed by atoms with Crippen molar-refractivity contribution in [3.63, 3.8) is 0 Å². The van der Waals surface area contributed by atoms with Gasteiger partial charge in [0.05, 0.1) is 18.3 Å². The van der Waals surface area contributed by atoms with Gasteiger partial charge in [-0.1, -0.05) is 18.5 Å². The molecular formula is C11H12ClN3O3. The molecule has 0 bridgehead atoms. The van der Waals surface area contributed by atoms with E-state index in [9.17, 15) is 9.59 Å². The Morgan fingerprint density at radius 3 is 2.72 bits per heavy atom. The van der Waals surface area contributed by atoms with Gasteiger partial charge in [-0.2, -0.15) is 0 Å². The van der Waals surface area contributed by atoms with E-state index in [1.165, 1.54) is 17.3 Å². The Morgan fingerprint density at radius 2 is 2.17 bits per heavy atom. The Labute approximate surface area is 109 Å². The van der Waals surface area contributed by atoms with Gasteiger partial charge in [-0.3, -0.25) is 14.6 Å². The van der Waals surface area contributed by atoms with Gasteiger partial charge in [0.15, 0.2) is 0 Å². The van der Waals surface area contributed by atoms with E-state index in [0.29, 0.717) is 6.54 Å². The summed E-state index contributed by atoms with van der Waals surface area (Å²) >= 11 is 5.66. The van der Waals surface area contributed by atoms with Crippen LogP contribution in [0.2, 0.25) is 5.15 Å². The van der Waals surface area contributed by atoms with Crippen molar-refractivity contribution in [3.05, 3.63) is 23.2 Å². The maximum absolute atomic E-state index is 12.1. The quantitative estimate of drug-likeness (QED) is 0.863. The normalized spacial score (nSPS) is 23.1. The van der Waals surface area contributed by atoms with Crippen LogP contribution in [0.5, 0.6) is 0 Å². The van der Waals surface area contributed by atoms with Crippen molar-refractivity contribution in [2.24, 2.45) is 11.8 Å². The van der Waals surface area contributed by atoms with Crippen LogP contribution >= 0.6 is 11.6 Å². The van der Waals surface area contributed by atoms with Crippen LogP contribution in [0.1, 0.15) is 17.4 Å². The third-order valence-electron chi connectivity index (χ3n) is 3.04. The Balaban J connectivity index is 2.14. The molecule has 7 heteroatoms. The number of aromatic nitrogens is 2. The molecule has 0 aliphatic carbocycles. The first-order valence-electron chi connectivity index (χ1n) is 5.48. The highest BCUT2D eigenvalue weighted by atomic mass is 35.5. The van der Waals surface area contributed by atoms with E-state index in [-0.39, 0.29) is 29.2 Å². The molecule has 0 spiro atoms. The van der Waals surface area contributed by atoms with Crippen LogP contribution in [0.15, 0.2) is 12.4 Å². The van der Waals surface area contributed by atoms with Gasteiger partial charge in [-0.25, -0.2) is 4.98 Å². The van der Waals surface area contributed by atoms with Gasteiger partial charge in [0, 0.05) is 13.1 Å². The number of halogens is 1. The number of nitrogens with zero attached hydrogens (tertiary/aromatic N) is 3. The third kappa shape index (κ3) is 2.43. The molecule has 1 aromatic rings. The molecule has 2 rings (SSSR count). The molecule has 1 aliphatic heterocycles. The lowest BCUT2D eigenvalue weighted by molar-refractivity contribution is -0.142. The van der Waals surface area contributed by atoms with Crippen LogP contribution in [0.25, 0.3) is 0 Å². The number of carboxylic acid groups (broad SMARTS) is 1. The zero-order valence-corrected chi connectivity index (χ0v) is 10.5. The lowest BCUT2D eigenvalue weighted by atomic mass is 9.99. The van der Waals surface area contributed by atoms with Crippen molar-refractivity contribution < 1.29 is 14.7 Å². The van der Waals surface area contributed by atoms with E-state index in [0.717, 1.165) is 0 Å². The summed E-state index contributed by atoms with van der Waals surface area (Å²) in [5, 5.41) is 9.15. The first-order valence-corrected chi connectivity index (χ1v) is 5.86. The van der Waals surface area contributed by atoms with E-state index < -0.39 is 11.9 Å². The van der Waals surface area contributed by atoms with Gasteiger partial charge < -0.3 is 10.0 Å². The molecule has 2 atom stereocenters. The van der Waals surface area contributed by atoms with Crippen LogP contribution in [0.4, 0.5) is 0 Å². The number of likely N-dealkylation sites (tertiary alicyclic amines) is 1. The second-order valence-electron chi connectivity index (χ2n) is 4.36. The number of amides is 1. The number of carbonyl (C=O) groups is 2. The fraction of sp³-hybridized carbons (Fsp3) is 0.455. The number of hydrogen-bond acceptors (Lipinski definition) is 4. The molecule has 1 fully saturated rings. The lowest BCUT2D eigenvalue weighted by Crippen LogP contribution is -2.30. The number of carboxylic acids is 1. The van der Waals surface area contributed by atoms with Crippen LogP contribution in [-0.4, -0.2) is 44.9 Å². The molecule has 1 amide bonds. The third-order valence-corrected chi connectivity index (χ3v) is 3.22. The van der Waals surface area contributed by atoms with Crippen molar-refractivity contribution in [2.45, 2.75) is 6.92 Å². The molecule has 1 N–H and O–H groups in total. The fourth-order valence-electron chi connectivity index (χ4n) is 2.06. The molecule has 96 valence electrons. The predicted molar refractivity (Wildman–Crippen MR) is 63.2 cm³/mol. The van der Waals surface area contributed by atoms with E-state index in [1.807, 2.05) is 6.92 Å². The average molecular weight is 270 g/mol. The highest BCUT2D eigenvalue weighted by Crippen LogP contribution is 2.24. The minimum atomic E-state index is -0.880. The SMILES string of the molecule is CC1CN(C(=O)c2cncc(Cl)n2)CC1C(=O)O. The lowest BCUT2D eigenvalue weighted by Gasteiger charge is -2.14. The van der Waals surface area contributed by atoms with Crippen molar-refractivity contribution in [3.8, 4) is 0 Å². The highest BCUT2D eigenvalue weighted by Gasteiger charge is 2.37. The van der Waals surface area contributed by atoms with Crippen LogP contribution < -0.4 is 0 Å². The number of aliphatic carboxylic acids is 1. The molecule has 0 aromatic carbocycles. The van der Waals surface area contributed by atoms with Crippen LogP contribution in [0, 0.1) is 11.8 Å². The Bertz CT molecular complexity index is 494. The zero-order chi connectivity index (χ0) is 13.3. The fourth-order valence-corrected chi connectivity index (χ4v) is 2.21. The monoisotopic (exact) mass is 269 g/mol. The standard InChI is InChI=1S/C11H12ClN3O3/c1-6-4-15(5-7(6)11(17)18)10(16)8-2-13-3-9(12)14-8/h2-3,6-7H,4-5H2,1H3,(H,17,18). The summed E-state index contributed by atoms with van der Waals surface area (Å²) in [6.45, 7) is 2.42. The second kappa shape index (κ2) is 4.89. The van der Waals surface area contributed by atoms with Crippen molar-refractivity contribution in [1.82, 2.24) is 14.9 Å². The van der Waals surface area contributed by atoms with Gasteiger partial charge in [0.25, 0.3) is 5.91 Å². The topological polar surface area (TPSA) is 83.4 Å². The number of rotatable bonds is 2. The Kier molecular flexibility index (Phi) is 3.47. The second-order valence-corrected chi connectivity index (χ2v) is 4.75. The van der Waals surface area contributed by atoms with Crippen molar-refractivity contribution in [2.75, 3.05) is 13.1 Å². The molecule has 6 nitrogen and oxygen atoms in total. The molecule has 1 saturated heterocycles. The molecule has 2 heterocycles. The zero-order valence-electron chi connectivity index (χ0n) is 9.71. The van der Waals surface area contributed by atoms with Crippen molar-refractivity contribution >= 4 is 23.5 Å². The average Bonchev–Trinajstić information content (AvgIpc) is 2.70. The van der Waals surface area contributed by atoms with E-state index >= 15 is 0 Å². The maximum atomic E-state index is 12.1. The predicted octanol–water partition coefficient (Wildman–Crippen LogP) is 0.923. The first-order chi connectivity index (χ1) is 8.49. The van der Waals surface area contributed by atoms with E-state index in [1.54, 1.807) is 0 Å². The molecule has 1 aromatic heterocycles. The largest absolute Gasteiger partial charge is 0.481 e. The van der Waals surface area contributed by atoms with Gasteiger partial charge in [-0.05, 0) is 5.92 Å². The van der Waals surface area contributed by atoms with Gasteiger partial charge >= 0.3 is 5.97 Å². The Hall–Kier alpha value is -1.69.